The third-order valence-electron chi connectivity index (χ3n) is 6.25. The fourth-order valence-electron chi connectivity index (χ4n) is 4.35. The molecule has 1 N–H and O–H groups in total. The lowest BCUT2D eigenvalue weighted by molar-refractivity contribution is -0.138. The topological polar surface area (TPSA) is 71.1 Å². The summed E-state index contributed by atoms with van der Waals surface area (Å²) in [6.45, 7) is 0. The molecule has 3 heterocycles. The van der Waals surface area contributed by atoms with Crippen LogP contribution in [-0.2, 0) is 22.4 Å². The van der Waals surface area contributed by atoms with Crippen molar-refractivity contribution in [1.82, 2.24) is 5.32 Å². The summed E-state index contributed by atoms with van der Waals surface area (Å²) in [5.41, 5.74) is 3.96. The predicted octanol–water partition coefficient (Wildman–Crippen LogP) is 2.90. The molecule has 8 heteroatoms. The monoisotopic (exact) mass is 465 g/mol. The van der Waals surface area contributed by atoms with E-state index in [4.69, 9.17) is 9.47 Å². The fraction of sp³-hybridized carbons (Fsp3) is 0.320. The summed E-state index contributed by atoms with van der Waals surface area (Å²) in [5.74, 6) is 0.226. The van der Waals surface area contributed by atoms with Gasteiger partial charge in [0.05, 0.1) is 4.99 Å². The zero-order chi connectivity index (χ0) is 23.3. The molecule has 0 saturated carbocycles. The van der Waals surface area contributed by atoms with Gasteiger partial charge in [0.2, 0.25) is 0 Å². The van der Waals surface area contributed by atoms with Crippen molar-refractivity contribution in [3.8, 4) is 11.5 Å². The van der Waals surface area contributed by atoms with Crippen LogP contribution in [0.15, 0.2) is 48.0 Å². The Kier molecular flexibility index (Phi) is 5.40. The highest BCUT2D eigenvalue weighted by Crippen LogP contribution is 2.41. The highest BCUT2D eigenvalue weighted by atomic mass is 32.2. The number of carbonyl (C=O) groups is 2. The molecule has 0 spiro atoms. The van der Waals surface area contributed by atoms with E-state index in [2.05, 4.69) is 5.32 Å². The minimum atomic E-state index is -0.579. The Morgan fingerprint density at radius 2 is 1.42 bits per heavy atom. The summed E-state index contributed by atoms with van der Waals surface area (Å²) in [6.07, 6.45) is 2.94. The molecule has 0 radical (unpaired) electrons. The van der Waals surface area contributed by atoms with Crippen LogP contribution in [0.5, 0.6) is 11.5 Å². The van der Waals surface area contributed by atoms with E-state index in [1.165, 1.54) is 0 Å². The van der Waals surface area contributed by atoms with Crippen molar-refractivity contribution in [2.45, 2.75) is 18.1 Å². The molecule has 2 aromatic carbocycles. The number of nitrogens with zero attached hydrogens (tertiary/aromatic N) is 2. The zero-order valence-corrected chi connectivity index (χ0v) is 19.9. The second kappa shape index (κ2) is 8.26. The first-order chi connectivity index (χ1) is 15.8. The SMILES string of the molecule is CN(C)c1ccc2c(c1)OC(=O)C(C1=S(C3Cc4ccc(N(C)C)cc4OC3=O)C=CN1)C2. The van der Waals surface area contributed by atoms with E-state index in [0.717, 1.165) is 27.5 Å². The average Bonchev–Trinajstić information content (AvgIpc) is 3.26. The van der Waals surface area contributed by atoms with Gasteiger partial charge in [-0.2, -0.15) is 0 Å². The molecule has 33 heavy (non-hydrogen) atoms. The predicted molar refractivity (Wildman–Crippen MR) is 132 cm³/mol. The third-order valence-corrected chi connectivity index (χ3v) is 8.56. The Hall–Kier alpha value is -3.26. The summed E-state index contributed by atoms with van der Waals surface area (Å²) >= 11 is 0. The van der Waals surface area contributed by atoms with Gasteiger partial charge < -0.3 is 24.6 Å². The van der Waals surface area contributed by atoms with Crippen LogP contribution in [0.1, 0.15) is 11.1 Å². The molecule has 5 rings (SSSR count). The Morgan fingerprint density at radius 1 is 0.848 bits per heavy atom. The summed E-state index contributed by atoms with van der Waals surface area (Å²) in [4.78, 5) is 30.8. The van der Waals surface area contributed by atoms with E-state index >= 15 is 0 Å². The van der Waals surface area contributed by atoms with Gasteiger partial charge in [-0.3, -0.25) is 9.59 Å². The lowest BCUT2D eigenvalue weighted by Gasteiger charge is -2.29. The van der Waals surface area contributed by atoms with Gasteiger partial charge >= 0.3 is 11.9 Å². The summed E-state index contributed by atoms with van der Waals surface area (Å²) in [5, 5.41) is 4.88. The van der Waals surface area contributed by atoms with Crippen molar-refractivity contribution in [3.05, 3.63) is 59.1 Å². The molecule has 0 fully saturated rings. The molecule has 172 valence electrons. The van der Waals surface area contributed by atoms with Gasteiger partial charge in [-0.05, 0) is 41.5 Å². The van der Waals surface area contributed by atoms with Gasteiger partial charge in [0.1, 0.15) is 22.7 Å². The number of hydrogen-bond acceptors (Lipinski definition) is 7. The highest BCUT2D eigenvalue weighted by molar-refractivity contribution is 8.19. The van der Waals surface area contributed by atoms with Crippen LogP contribution >= 0.6 is 10.5 Å². The van der Waals surface area contributed by atoms with E-state index in [1.807, 2.05) is 86.0 Å². The lowest BCUT2D eigenvalue weighted by Crippen LogP contribution is -2.40. The molecule has 2 aromatic rings. The van der Waals surface area contributed by atoms with E-state index in [1.54, 1.807) is 0 Å². The van der Waals surface area contributed by atoms with E-state index in [9.17, 15) is 9.59 Å². The van der Waals surface area contributed by atoms with Crippen molar-refractivity contribution in [2.75, 3.05) is 38.0 Å². The van der Waals surface area contributed by atoms with E-state index in [0.29, 0.717) is 24.3 Å². The van der Waals surface area contributed by atoms with Crippen LogP contribution in [0.3, 0.4) is 0 Å². The molecule has 3 aliphatic heterocycles. The maximum Gasteiger partial charge on any atom is 0.324 e. The molecule has 0 amide bonds. The molecule has 7 nitrogen and oxygen atoms in total. The minimum absolute atomic E-state index is 0.257. The Labute approximate surface area is 195 Å². The molecule has 0 saturated heterocycles. The molecule has 3 aliphatic rings. The fourth-order valence-corrected chi connectivity index (χ4v) is 6.53. The summed E-state index contributed by atoms with van der Waals surface area (Å²) < 4.78 is 11.5. The quantitative estimate of drug-likeness (QED) is 0.423. The molecule has 0 aromatic heterocycles. The van der Waals surface area contributed by atoms with Crippen LogP contribution in [0.25, 0.3) is 0 Å². The maximum absolute atomic E-state index is 13.0. The van der Waals surface area contributed by atoms with Gasteiger partial charge in [-0.25, -0.2) is 0 Å². The first kappa shape index (κ1) is 21.6. The largest absolute Gasteiger partial charge is 0.426 e. The number of esters is 2. The lowest BCUT2D eigenvalue weighted by atomic mass is 9.95. The van der Waals surface area contributed by atoms with Crippen molar-refractivity contribution in [3.63, 3.8) is 0 Å². The van der Waals surface area contributed by atoms with Crippen LogP contribution in [0.2, 0.25) is 0 Å². The van der Waals surface area contributed by atoms with Crippen molar-refractivity contribution < 1.29 is 19.1 Å². The smallest absolute Gasteiger partial charge is 0.324 e. The van der Waals surface area contributed by atoms with E-state index < -0.39 is 16.4 Å². The normalized spacial score (nSPS) is 23.3. The van der Waals surface area contributed by atoms with E-state index in [-0.39, 0.29) is 17.2 Å². The van der Waals surface area contributed by atoms with Gasteiger partial charge in [-0.15, -0.1) is 10.5 Å². The first-order valence-corrected chi connectivity index (χ1v) is 12.2. The number of ether oxygens (including phenoxy) is 2. The third kappa shape index (κ3) is 3.88. The first-order valence-electron chi connectivity index (χ1n) is 10.9. The number of carbonyl (C=O) groups excluding carboxylic acids is 2. The minimum Gasteiger partial charge on any atom is -0.426 e. The number of fused-ring (bicyclic) bond motifs is 2. The standard InChI is InChI=1S/C25H27N3O4S/c1-27(2)17-7-5-15-11-19(24(29)31-20(15)13-17)23-26-9-10-33(23)22-12-16-6-8-18(28(3)4)14-21(16)32-25(22)30/h5-10,13-14,19,22,26H,11-12H2,1-4H3. The Morgan fingerprint density at radius 3 is 2.03 bits per heavy atom. The molecular formula is C25H27N3O4S. The molecule has 0 aliphatic carbocycles. The molecule has 3 atom stereocenters. The van der Waals surface area contributed by atoms with Crippen molar-refractivity contribution in [2.24, 2.45) is 5.92 Å². The highest BCUT2D eigenvalue weighted by Gasteiger charge is 2.39. The average molecular weight is 466 g/mol. The van der Waals surface area contributed by atoms with Crippen molar-refractivity contribution in [1.29, 1.82) is 0 Å². The van der Waals surface area contributed by atoms with Crippen LogP contribution < -0.4 is 24.6 Å². The van der Waals surface area contributed by atoms with Gasteiger partial charge in [0.15, 0.2) is 0 Å². The number of benzene rings is 2. The number of rotatable bonds is 4. The second-order valence-electron chi connectivity index (χ2n) is 8.85. The zero-order valence-electron chi connectivity index (χ0n) is 19.1. The number of nitrogens with one attached hydrogen (secondary N) is 1. The Bertz CT molecular complexity index is 1220. The Balaban J connectivity index is 1.44. The van der Waals surface area contributed by atoms with Crippen LogP contribution in [0.4, 0.5) is 11.4 Å². The molecule has 3 unspecified atom stereocenters. The number of hydrogen-bond donors (Lipinski definition) is 1. The van der Waals surface area contributed by atoms with Crippen molar-refractivity contribution >= 4 is 38.8 Å². The number of anilines is 2. The van der Waals surface area contributed by atoms with Crippen LogP contribution in [-0.4, -0.2) is 50.4 Å². The summed E-state index contributed by atoms with van der Waals surface area (Å²) in [6, 6.07) is 11.9. The summed E-state index contributed by atoms with van der Waals surface area (Å²) in [7, 11) is 7.23. The molecule has 0 bridgehead atoms. The van der Waals surface area contributed by atoms with Gasteiger partial charge in [0.25, 0.3) is 0 Å². The van der Waals surface area contributed by atoms with Gasteiger partial charge in [-0.1, -0.05) is 12.1 Å². The van der Waals surface area contributed by atoms with Crippen LogP contribution in [0, 0.1) is 5.92 Å². The maximum atomic E-state index is 13.0. The second-order valence-corrected chi connectivity index (χ2v) is 10.9. The van der Waals surface area contributed by atoms with Gasteiger partial charge in [0, 0.05) is 57.9 Å². The molecular weight excluding hydrogens is 438 g/mol.